The minimum Gasteiger partial charge on any atom is -0.383 e. The first-order chi connectivity index (χ1) is 8.24. The van der Waals surface area contributed by atoms with Crippen LogP contribution in [0.1, 0.15) is 19.3 Å². The van der Waals surface area contributed by atoms with Crippen LogP contribution >= 0.6 is 0 Å². The standard InChI is InChI=1S/C12H25N3O2/c1-15(10-12(16)14-8-9-17-2)11-4-3-6-13-7-5-11/h11,13H,3-10H2,1-2H3,(H,14,16). The van der Waals surface area contributed by atoms with E-state index in [1.54, 1.807) is 7.11 Å². The number of hydrogen-bond donors (Lipinski definition) is 2. The largest absolute Gasteiger partial charge is 0.383 e. The summed E-state index contributed by atoms with van der Waals surface area (Å²) >= 11 is 0. The van der Waals surface area contributed by atoms with Crippen molar-refractivity contribution in [1.82, 2.24) is 15.5 Å². The van der Waals surface area contributed by atoms with Crippen LogP contribution < -0.4 is 10.6 Å². The van der Waals surface area contributed by atoms with Gasteiger partial charge in [0.1, 0.15) is 0 Å². The maximum Gasteiger partial charge on any atom is 0.234 e. The van der Waals surface area contributed by atoms with Gasteiger partial charge in [0.2, 0.25) is 5.91 Å². The molecule has 1 atom stereocenters. The van der Waals surface area contributed by atoms with Crippen LogP contribution in [0.15, 0.2) is 0 Å². The van der Waals surface area contributed by atoms with Crippen molar-refractivity contribution in [2.24, 2.45) is 0 Å². The average Bonchev–Trinajstić information content (AvgIpc) is 2.57. The number of ether oxygens (including phenoxy) is 1. The minimum absolute atomic E-state index is 0.0850. The highest BCUT2D eigenvalue weighted by Gasteiger charge is 2.18. The molecule has 100 valence electrons. The molecule has 0 aromatic heterocycles. The first kappa shape index (κ1) is 14.4. The molecule has 5 heteroatoms. The highest BCUT2D eigenvalue weighted by atomic mass is 16.5. The molecule has 1 heterocycles. The summed E-state index contributed by atoms with van der Waals surface area (Å²) in [6.45, 7) is 3.80. The van der Waals surface area contributed by atoms with Gasteiger partial charge in [-0.05, 0) is 39.4 Å². The van der Waals surface area contributed by atoms with E-state index in [2.05, 4.69) is 15.5 Å². The molecule has 2 N–H and O–H groups in total. The zero-order chi connectivity index (χ0) is 12.5. The van der Waals surface area contributed by atoms with E-state index in [4.69, 9.17) is 4.74 Å². The lowest BCUT2D eigenvalue weighted by atomic mass is 10.1. The molecule has 1 fully saturated rings. The highest BCUT2D eigenvalue weighted by Crippen LogP contribution is 2.11. The van der Waals surface area contributed by atoms with Crippen molar-refractivity contribution < 1.29 is 9.53 Å². The van der Waals surface area contributed by atoms with Crippen LogP contribution in [0.25, 0.3) is 0 Å². The molecule has 1 saturated heterocycles. The molecule has 1 aliphatic heterocycles. The molecular weight excluding hydrogens is 218 g/mol. The molecule has 0 aliphatic carbocycles. The molecule has 5 nitrogen and oxygen atoms in total. The lowest BCUT2D eigenvalue weighted by Gasteiger charge is -2.26. The summed E-state index contributed by atoms with van der Waals surface area (Å²) < 4.78 is 4.89. The fourth-order valence-corrected chi connectivity index (χ4v) is 2.15. The predicted octanol–water partition coefficient (Wildman–Crippen LogP) is -0.177. The van der Waals surface area contributed by atoms with Gasteiger partial charge in [-0.2, -0.15) is 0 Å². The van der Waals surface area contributed by atoms with Crippen molar-refractivity contribution in [3.8, 4) is 0 Å². The Hall–Kier alpha value is -0.650. The van der Waals surface area contributed by atoms with E-state index in [1.807, 2.05) is 7.05 Å². The van der Waals surface area contributed by atoms with Gasteiger partial charge in [0, 0.05) is 19.7 Å². The van der Waals surface area contributed by atoms with Crippen LogP contribution in [0.3, 0.4) is 0 Å². The lowest BCUT2D eigenvalue weighted by molar-refractivity contribution is -0.122. The first-order valence-electron chi connectivity index (χ1n) is 6.40. The molecule has 1 amide bonds. The molecular formula is C12H25N3O2. The van der Waals surface area contributed by atoms with Gasteiger partial charge in [0.25, 0.3) is 0 Å². The van der Waals surface area contributed by atoms with Crippen molar-refractivity contribution >= 4 is 5.91 Å². The van der Waals surface area contributed by atoms with Crippen LogP contribution in [-0.2, 0) is 9.53 Å². The van der Waals surface area contributed by atoms with Gasteiger partial charge in [-0.3, -0.25) is 9.69 Å². The third-order valence-electron chi connectivity index (χ3n) is 3.19. The van der Waals surface area contributed by atoms with Crippen LogP contribution in [0.2, 0.25) is 0 Å². The van der Waals surface area contributed by atoms with Crippen molar-refractivity contribution in [1.29, 1.82) is 0 Å². The number of nitrogens with zero attached hydrogens (tertiary/aromatic N) is 1. The maximum atomic E-state index is 11.6. The number of likely N-dealkylation sites (N-methyl/N-ethyl adjacent to an activating group) is 1. The summed E-state index contributed by atoms with van der Waals surface area (Å²) in [6.07, 6.45) is 3.50. The Labute approximate surface area is 104 Å². The van der Waals surface area contributed by atoms with Gasteiger partial charge in [-0.25, -0.2) is 0 Å². The van der Waals surface area contributed by atoms with Crippen LogP contribution in [0, 0.1) is 0 Å². The summed E-state index contributed by atoms with van der Waals surface area (Å²) in [5.41, 5.74) is 0. The highest BCUT2D eigenvalue weighted by molar-refractivity contribution is 5.77. The number of carbonyl (C=O) groups excluding carboxylic acids is 1. The number of methoxy groups -OCH3 is 1. The second kappa shape index (κ2) is 8.44. The monoisotopic (exact) mass is 243 g/mol. The van der Waals surface area contributed by atoms with E-state index < -0.39 is 0 Å². The van der Waals surface area contributed by atoms with Gasteiger partial charge in [0.15, 0.2) is 0 Å². The van der Waals surface area contributed by atoms with E-state index >= 15 is 0 Å². The van der Waals surface area contributed by atoms with Crippen molar-refractivity contribution in [2.45, 2.75) is 25.3 Å². The molecule has 17 heavy (non-hydrogen) atoms. The fraction of sp³-hybridized carbons (Fsp3) is 0.917. The van der Waals surface area contributed by atoms with E-state index in [0.29, 0.717) is 25.7 Å². The lowest BCUT2D eigenvalue weighted by Crippen LogP contribution is -2.41. The Balaban J connectivity index is 2.21. The normalized spacial score (nSPS) is 21.2. The van der Waals surface area contributed by atoms with Gasteiger partial charge in [-0.15, -0.1) is 0 Å². The second-order valence-electron chi connectivity index (χ2n) is 4.59. The first-order valence-corrected chi connectivity index (χ1v) is 6.40. The van der Waals surface area contributed by atoms with Crippen molar-refractivity contribution in [2.75, 3.05) is 46.9 Å². The molecule has 1 unspecified atom stereocenters. The van der Waals surface area contributed by atoms with Crippen LogP contribution in [0.4, 0.5) is 0 Å². The quantitative estimate of drug-likeness (QED) is 0.636. The smallest absolute Gasteiger partial charge is 0.234 e. The molecule has 0 spiro atoms. The van der Waals surface area contributed by atoms with E-state index in [0.717, 1.165) is 19.5 Å². The van der Waals surface area contributed by atoms with Crippen molar-refractivity contribution in [3.05, 3.63) is 0 Å². The molecule has 0 aromatic carbocycles. The minimum atomic E-state index is 0.0850. The van der Waals surface area contributed by atoms with Gasteiger partial charge in [-0.1, -0.05) is 0 Å². The SMILES string of the molecule is COCCNC(=O)CN(C)C1CCCNCC1. The van der Waals surface area contributed by atoms with Gasteiger partial charge >= 0.3 is 0 Å². The van der Waals surface area contributed by atoms with E-state index in [9.17, 15) is 4.79 Å². The number of hydrogen-bond acceptors (Lipinski definition) is 4. The Morgan fingerprint density at radius 3 is 3.06 bits per heavy atom. The Morgan fingerprint density at radius 2 is 2.29 bits per heavy atom. The Morgan fingerprint density at radius 1 is 1.47 bits per heavy atom. The zero-order valence-corrected chi connectivity index (χ0v) is 11.0. The van der Waals surface area contributed by atoms with Crippen LogP contribution in [-0.4, -0.2) is 63.8 Å². The van der Waals surface area contributed by atoms with Gasteiger partial charge < -0.3 is 15.4 Å². The molecule has 0 bridgehead atoms. The summed E-state index contributed by atoms with van der Waals surface area (Å²) in [4.78, 5) is 13.8. The fourth-order valence-electron chi connectivity index (χ4n) is 2.15. The predicted molar refractivity (Wildman–Crippen MR) is 68.0 cm³/mol. The van der Waals surface area contributed by atoms with Crippen LogP contribution in [0.5, 0.6) is 0 Å². The summed E-state index contributed by atoms with van der Waals surface area (Å²) in [7, 11) is 3.67. The van der Waals surface area contributed by atoms with Gasteiger partial charge in [0.05, 0.1) is 13.2 Å². The summed E-state index contributed by atoms with van der Waals surface area (Å²) in [5, 5.41) is 6.23. The molecule has 1 rings (SSSR count). The average molecular weight is 243 g/mol. The van der Waals surface area contributed by atoms with Crippen molar-refractivity contribution in [3.63, 3.8) is 0 Å². The second-order valence-corrected chi connectivity index (χ2v) is 4.59. The Kier molecular flexibility index (Phi) is 7.16. The number of rotatable bonds is 6. The molecule has 0 saturated carbocycles. The summed E-state index contributed by atoms with van der Waals surface area (Å²) in [5.74, 6) is 0.0850. The number of nitrogens with one attached hydrogen (secondary N) is 2. The van der Waals surface area contributed by atoms with E-state index in [1.165, 1.54) is 12.8 Å². The Bertz CT molecular complexity index is 216. The van der Waals surface area contributed by atoms with E-state index in [-0.39, 0.29) is 5.91 Å². The molecule has 1 aliphatic rings. The zero-order valence-electron chi connectivity index (χ0n) is 11.0. The topological polar surface area (TPSA) is 53.6 Å². The number of carbonyl (C=O) groups is 1. The maximum absolute atomic E-state index is 11.6. The molecule has 0 radical (unpaired) electrons. The molecule has 0 aromatic rings. The third kappa shape index (κ3) is 6.00. The summed E-state index contributed by atoms with van der Waals surface area (Å²) in [6, 6.07) is 0.526. The number of amides is 1. The third-order valence-corrected chi connectivity index (χ3v) is 3.19.